The fourth-order valence-electron chi connectivity index (χ4n) is 3.03. The van der Waals surface area contributed by atoms with Crippen LogP contribution in [0.5, 0.6) is 0 Å². The van der Waals surface area contributed by atoms with Crippen LogP contribution in [0.4, 0.5) is 0 Å². The van der Waals surface area contributed by atoms with Crippen molar-refractivity contribution in [3.05, 3.63) is 60.2 Å². The highest BCUT2D eigenvalue weighted by Gasteiger charge is 2.20. The average molecular weight is 267 g/mol. The first kappa shape index (κ1) is 13.3. The predicted molar refractivity (Wildman–Crippen MR) is 80.2 cm³/mol. The number of hydrogen-bond donors (Lipinski definition) is 0. The van der Waals surface area contributed by atoms with Gasteiger partial charge in [0.25, 0.3) is 0 Å². The summed E-state index contributed by atoms with van der Waals surface area (Å²) in [5.41, 5.74) is 2.53. The summed E-state index contributed by atoms with van der Waals surface area (Å²) in [6, 6.07) is 10.4. The van der Waals surface area contributed by atoms with E-state index < -0.39 is 0 Å². The Morgan fingerprint density at radius 1 is 1.15 bits per heavy atom. The van der Waals surface area contributed by atoms with Crippen LogP contribution in [0.1, 0.15) is 24.1 Å². The second-order valence-corrected chi connectivity index (χ2v) is 5.63. The number of nitrogens with zero attached hydrogens (tertiary/aromatic N) is 3. The van der Waals surface area contributed by atoms with E-state index in [0.717, 1.165) is 18.9 Å². The van der Waals surface area contributed by atoms with Gasteiger partial charge in [0.2, 0.25) is 0 Å². The number of rotatable bonds is 4. The van der Waals surface area contributed by atoms with Crippen LogP contribution in [0.3, 0.4) is 0 Å². The molecule has 1 saturated heterocycles. The molecule has 3 rings (SSSR count). The van der Waals surface area contributed by atoms with Gasteiger partial charge in [-0.15, -0.1) is 0 Å². The Labute approximate surface area is 120 Å². The Hall–Kier alpha value is -1.74. The smallest absolute Gasteiger partial charge is 0.0406 e. The van der Waals surface area contributed by atoms with Gasteiger partial charge >= 0.3 is 0 Å². The zero-order valence-corrected chi connectivity index (χ0v) is 11.8. The van der Waals surface area contributed by atoms with Crippen LogP contribution in [0.15, 0.2) is 48.9 Å². The van der Waals surface area contributed by atoms with Gasteiger partial charge < -0.3 is 0 Å². The van der Waals surface area contributed by atoms with Crippen molar-refractivity contribution in [2.45, 2.75) is 25.8 Å². The first-order valence-corrected chi connectivity index (χ1v) is 7.41. The summed E-state index contributed by atoms with van der Waals surface area (Å²) < 4.78 is 0. The van der Waals surface area contributed by atoms with Crippen molar-refractivity contribution < 1.29 is 0 Å². The van der Waals surface area contributed by atoms with Crippen molar-refractivity contribution in [2.24, 2.45) is 5.92 Å². The topological polar surface area (TPSA) is 29.0 Å². The molecule has 0 bridgehead atoms. The summed E-state index contributed by atoms with van der Waals surface area (Å²) in [6.07, 6.45) is 9.42. The maximum atomic E-state index is 4.45. The lowest BCUT2D eigenvalue weighted by atomic mass is 9.93. The van der Waals surface area contributed by atoms with Crippen molar-refractivity contribution in [3.63, 3.8) is 0 Å². The zero-order valence-electron chi connectivity index (χ0n) is 11.8. The van der Waals surface area contributed by atoms with Crippen LogP contribution in [0, 0.1) is 5.92 Å². The van der Waals surface area contributed by atoms with Crippen molar-refractivity contribution in [1.29, 1.82) is 0 Å². The molecule has 3 heteroatoms. The van der Waals surface area contributed by atoms with Gasteiger partial charge in [-0.3, -0.25) is 14.9 Å². The van der Waals surface area contributed by atoms with Crippen molar-refractivity contribution in [1.82, 2.24) is 14.9 Å². The minimum atomic E-state index is 0.732. The van der Waals surface area contributed by atoms with E-state index in [9.17, 15) is 0 Å². The zero-order chi connectivity index (χ0) is 13.6. The van der Waals surface area contributed by atoms with Gasteiger partial charge in [-0.05, 0) is 55.5 Å². The molecule has 1 unspecified atom stereocenters. The molecule has 0 aromatic carbocycles. The Kier molecular flexibility index (Phi) is 4.38. The molecule has 0 aliphatic carbocycles. The largest absolute Gasteiger partial charge is 0.299 e. The van der Waals surface area contributed by atoms with Crippen LogP contribution in [0.2, 0.25) is 0 Å². The molecular formula is C17H21N3. The van der Waals surface area contributed by atoms with Gasteiger partial charge in [0.05, 0.1) is 0 Å². The Morgan fingerprint density at radius 2 is 2.15 bits per heavy atom. The lowest BCUT2D eigenvalue weighted by Crippen LogP contribution is -2.35. The second-order valence-electron chi connectivity index (χ2n) is 5.63. The molecule has 1 aliphatic heterocycles. The Morgan fingerprint density at radius 3 is 2.95 bits per heavy atom. The SMILES string of the molecule is c1ccc(CC2CCCN(Cc3cccnc3)C2)nc1. The van der Waals surface area contributed by atoms with E-state index in [0.29, 0.717) is 0 Å². The fraction of sp³-hybridized carbons (Fsp3) is 0.412. The first-order chi connectivity index (χ1) is 9.90. The van der Waals surface area contributed by atoms with E-state index in [1.165, 1.54) is 37.2 Å². The van der Waals surface area contributed by atoms with Gasteiger partial charge in [-0.25, -0.2) is 0 Å². The monoisotopic (exact) mass is 267 g/mol. The third-order valence-corrected chi connectivity index (χ3v) is 3.96. The lowest BCUT2D eigenvalue weighted by Gasteiger charge is -2.32. The summed E-state index contributed by atoms with van der Waals surface area (Å²) in [5.74, 6) is 0.732. The highest BCUT2D eigenvalue weighted by molar-refractivity contribution is 5.09. The summed E-state index contributed by atoms with van der Waals surface area (Å²) in [6.45, 7) is 3.39. The molecule has 0 amide bonds. The minimum Gasteiger partial charge on any atom is -0.299 e. The lowest BCUT2D eigenvalue weighted by molar-refractivity contribution is 0.166. The van der Waals surface area contributed by atoms with Crippen molar-refractivity contribution in [3.8, 4) is 0 Å². The molecule has 2 aromatic heterocycles. The van der Waals surface area contributed by atoms with Gasteiger partial charge in [0.1, 0.15) is 0 Å². The number of piperidine rings is 1. The number of pyridine rings is 2. The average Bonchev–Trinajstić information content (AvgIpc) is 2.50. The summed E-state index contributed by atoms with van der Waals surface area (Å²) in [4.78, 5) is 11.2. The van der Waals surface area contributed by atoms with E-state index in [-0.39, 0.29) is 0 Å². The molecule has 0 radical (unpaired) electrons. The van der Waals surface area contributed by atoms with Crippen LogP contribution < -0.4 is 0 Å². The fourth-order valence-corrected chi connectivity index (χ4v) is 3.03. The van der Waals surface area contributed by atoms with E-state index in [1.54, 1.807) is 0 Å². The highest BCUT2D eigenvalue weighted by atomic mass is 15.1. The number of hydrogen-bond acceptors (Lipinski definition) is 3. The maximum Gasteiger partial charge on any atom is 0.0406 e. The molecule has 3 heterocycles. The highest BCUT2D eigenvalue weighted by Crippen LogP contribution is 2.21. The van der Waals surface area contributed by atoms with Crippen molar-refractivity contribution in [2.75, 3.05) is 13.1 Å². The van der Waals surface area contributed by atoms with Gasteiger partial charge in [0.15, 0.2) is 0 Å². The maximum absolute atomic E-state index is 4.45. The van der Waals surface area contributed by atoms with E-state index in [4.69, 9.17) is 0 Å². The van der Waals surface area contributed by atoms with Gasteiger partial charge in [-0.1, -0.05) is 12.1 Å². The Balaban J connectivity index is 1.57. The second kappa shape index (κ2) is 6.62. The molecule has 104 valence electrons. The van der Waals surface area contributed by atoms with Gasteiger partial charge in [-0.2, -0.15) is 0 Å². The van der Waals surface area contributed by atoms with Gasteiger partial charge in [0, 0.05) is 37.4 Å². The van der Waals surface area contributed by atoms with E-state index in [1.807, 2.05) is 30.7 Å². The molecule has 1 fully saturated rings. The summed E-state index contributed by atoms with van der Waals surface area (Å²) >= 11 is 0. The number of aromatic nitrogens is 2. The normalized spacial score (nSPS) is 19.9. The molecule has 0 N–H and O–H groups in total. The number of likely N-dealkylation sites (tertiary alicyclic amines) is 1. The molecule has 2 aromatic rings. The molecular weight excluding hydrogens is 246 g/mol. The van der Waals surface area contributed by atoms with Crippen molar-refractivity contribution >= 4 is 0 Å². The molecule has 0 saturated carbocycles. The van der Waals surface area contributed by atoms with Crippen LogP contribution in [-0.4, -0.2) is 28.0 Å². The third kappa shape index (κ3) is 3.64. The van der Waals surface area contributed by atoms with Crippen LogP contribution in [0.25, 0.3) is 0 Å². The summed E-state index contributed by atoms with van der Waals surface area (Å²) in [5, 5.41) is 0. The quantitative estimate of drug-likeness (QED) is 0.853. The summed E-state index contributed by atoms with van der Waals surface area (Å²) in [7, 11) is 0. The third-order valence-electron chi connectivity index (χ3n) is 3.96. The standard InChI is InChI=1S/C17H21N3/c1-2-9-19-17(7-1)11-15-6-4-10-20(13-15)14-16-5-3-8-18-12-16/h1-3,5,7-9,12,15H,4,6,10-11,13-14H2. The minimum absolute atomic E-state index is 0.732. The first-order valence-electron chi connectivity index (χ1n) is 7.41. The Bertz CT molecular complexity index is 465. The molecule has 1 aliphatic rings. The van der Waals surface area contributed by atoms with Crippen LogP contribution >= 0.6 is 0 Å². The van der Waals surface area contributed by atoms with E-state index in [2.05, 4.69) is 33.1 Å². The molecule has 3 nitrogen and oxygen atoms in total. The molecule has 1 atom stereocenters. The molecule has 20 heavy (non-hydrogen) atoms. The molecule has 0 spiro atoms. The predicted octanol–water partition coefficient (Wildman–Crippen LogP) is 2.93. The van der Waals surface area contributed by atoms with Crippen LogP contribution in [-0.2, 0) is 13.0 Å². The van der Waals surface area contributed by atoms with E-state index >= 15 is 0 Å².